The first kappa shape index (κ1) is 17.0. The molecule has 0 aliphatic rings. The molecule has 0 unspecified atom stereocenters. The predicted octanol–water partition coefficient (Wildman–Crippen LogP) is 4.70. The zero-order valence-corrected chi connectivity index (χ0v) is 16.0. The van der Waals surface area contributed by atoms with Gasteiger partial charge in [0.15, 0.2) is 5.16 Å². The number of aryl methyl sites for hydroxylation is 1. The molecule has 0 N–H and O–H groups in total. The summed E-state index contributed by atoms with van der Waals surface area (Å²) in [5.41, 5.74) is 2.45. The van der Waals surface area contributed by atoms with Crippen LogP contribution in [0.25, 0.3) is 0 Å². The lowest BCUT2D eigenvalue weighted by Crippen LogP contribution is -2.03. The molecule has 0 atom stereocenters. The third kappa shape index (κ3) is 3.99. The van der Waals surface area contributed by atoms with Crippen LogP contribution in [0.4, 0.5) is 0 Å². The summed E-state index contributed by atoms with van der Waals surface area (Å²) in [5.74, 6) is 2.60. The summed E-state index contributed by atoms with van der Waals surface area (Å²) in [4.78, 5) is 0. The summed E-state index contributed by atoms with van der Waals surface area (Å²) < 4.78 is 8.39. The molecule has 0 amide bonds. The van der Waals surface area contributed by atoms with Gasteiger partial charge in [0.05, 0.1) is 18.1 Å². The van der Waals surface area contributed by atoms with E-state index in [0.717, 1.165) is 33.5 Å². The SMILES string of the molecule is COc1ccc(CSc2nnc(C)n2Cc2ccccc2)cc1Br. The van der Waals surface area contributed by atoms with Crippen molar-refractivity contribution in [2.45, 2.75) is 24.4 Å². The minimum atomic E-state index is 0.786. The molecular weight excluding hydrogens is 386 g/mol. The van der Waals surface area contributed by atoms with Gasteiger partial charge in [-0.1, -0.05) is 48.2 Å². The second-order valence-electron chi connectivity index (χ2n) is 5.36. The third-order valence-electron chi connectivity index (χ3n) is 3.67. The molecule has 124 valence electrons. The van der Waals surface area contributed by atoms with Crippen molar-refractivity contribution < 1.29 is 4.74 Å². The van der Waals surface area contributed by atoms with Gasteiger partial charge in [-0.15, -0.1) is 10.2 Å². The Morgan fingerprint density at radius 2 is 1.88 bits per heavy atom. The predicted molar refractivity (Wildman–Crippen MR) is 101 cm³/mol. The number of hydrogen-bond donors (Lipinski definition) is 0. The van der Waals surface area contributed by atoms with E-state index in [2.05, 4.69) is 67.1 Å². The average molecular weight is 404 g/mol. The summed E-state index contributed by atoms with van der Waals surface area (Å²) in [6.07, 6.45) is 0. The second-order valence-corrected chi connectivity index (χ2v) is 7.16. The number of hydrogen-bond acceptors (Lipinski definition) is 4. The standard InChI is InChI=1S/C18H18BrN3OS/c1-13-20-21-18(22(13)11-14-6-4-3-5-7-14)24-12-15-8-9-17(23-2)16(19)10-15/h3-10H,11-12H2,1-2H3. The highest BCUT2D eigenvalue weighted by Gasteiger charge is 2.11. The number of methoxy groups -OCH3 is 1. The molecule has 1 aromatic heterocycles. The summed E-state index contributed by atoms with van der Waals surface area (Å²) in [6, 6.07) is 16.5. The van der Waals surface area contributed by atoms with Crippen molar-refractivity contribution in [1.29, 1.82) is 0 Å². The van der Waals surface area contributed by atoms with Crippen LogP contribution in [0, 0.1) is 6.92 Å². The van der Waals surface area contributed by atoms with Crippen LogP contribution in [0.1, 0.15) is 17.0 Å². The lowest BCUT2D eigenvalue weighted by Gasteiger charge is -2.09. The monoisotopic (exact) mass is 403 g/mol. The van der Waals surface area contributed by atoms with E-state index in [-0.39, 0.29) is 0 Å². The zero-order valence-electron chi connectivity index (χ0n) is 13.6. The summed E-state index contributed by atoms with van der Waals surface area (Å²) in [7, 11) is 1.67. The van der Waals surface area contributed by atoms with Gasteiger partial charge in [0.2, 0.25) is 0 Å². The zero-order chi connectivity index (χ0) is 16.9. The number of aromatic nitrogens is 3. The largest absolute Gasteiger partial charge is 0.496 e. The first-order chi connectivity index (χ1) is 11.7. The maximum Gasteiger partial charge on any atom is 0.191 e. The molecule has 0 aliphatic carbocycles. The summed E-state index contributed by atoms with van der Waals surface area (Å²) in [5, 5.41) is 9.49. The topological polar surface area (TPSA) is 39.9 Å². The highest BCUT2D eigenvalue weighted by Crippen LogP contribution is 2.29. The van der Waals surface area contributed by atoms with Crippen LogP contribution in [0.15, 0.2) is 58.2 Å². The van der Waals surface area contributed by atoms with Crippen LogP contribution in [0.3, 0.4) is 0 Å². The maximum absolute atomic E-state index is 5.27. The number of benzene rings is 2. The molecule has 0 aliphatic heterocycles. The van der Waals surface area contributed by atoms with Crippen LogP contribution in [-0.4, -0.2) is 21.9 Å². The second kappa shape index (κ2) is 7.85. The molecule has 0 radical (unpaired) electrons. The number of ether oxygens (including phenoxy) is 1. The molecule has 2 aromatic carbocycles. The van der Waals surface area contributed by atoms with E-state index in [4.69, 9.17) is 4.74 Å². The van der Waals surface area contributed by atoms with Crippen molar-refractivity contribution in [2.75, 3.05) is 7.11 Å². The Morgan fingerprint density at radius 1 is 1.08 bits per heavy atom. The van der Waals surface area contributed by atoms with Gasteiger partial charge in [0.25, 0.3) is 0 Å². The Labute approximate surface area is 154 Å². The van der Waals surface area contributed by atoms with Crippen LogP contribution in [-0.2, 0) is 12.3 Å². The van der Waals surface area contributed by atoms with E-state index in [1.54, 1.807) is 18.9 Å². The Morgan fingerprint density at radius 3 is 2.58 bits per heavy atom. The van der Waals surface area contributed by atoms with E-state index < -0.39 is 0 Å². The Hall–Kier alpha value is -1.79. The van der Waals surface area contributed by atoms with E-state index in [9.17, 15) is 0 Å². The highest BCUT2D eigenvalue weighted by atomic mass is 79.9. The molecule has 24 heavy (non-hydrogen) atoms. The fourth-order valence-corrected chi connectivity index (χ4v) is 3.88. The lowest BCUT2D eigenvalue weighted by atomic mass is 10.2. The summed E-state index contributed by atoms with van der Waals surface area (Å²) >= 11 is 5.22. The van der Waals surface area contributed by atoms with Crippen molar-refractivity contribution >= 4 is 27.7 Å². The van der Waals surface area contributed by atoms with Gasteiger partial charge in [0, 0.05) is 5.75 Å². The van der Waals surface area contributed by atoms with E-state index in [1.807, 2.05) is 19.1 Å². The minimum absolute atomic E-state index is 0.786. The molecule has 0 saturated carbocycles. The van der Waals surface area contributed by atoms with E-state index >= 15 is 0 Å². The van der Waals surface area contributed by atoms with Gasteiger partial charge in [-0.3, -0.25) is 0 Å². The number of halogens is 1. The Bertz CT molecular complexity index is 820. The van der Waals surface area contributed by atoms with Crippen molar-refractivity contribution in [2.24, 2.45) is 0 Å². The maximum atomic E-state index is 5.27. The molecule has 0 saturated heterocycles. The molecule has 6 heteroatoms. The van der Waals surface area contributed by atoms with Gasteiger partial charge in [-0.05, 0) is 46.1 Å². The average Bonchev–Trinajstić information content (AvgIpc) is 2.94. The van der Waals surface area contributed by atoms with Crippen molar-refractivity contribution in [3.63, 3.8) is 0 Å². The number of thioether (sulfide) groups is 1. The quantitative estimate of drug-likeness (QED) is 0.559. The number of rotatable bonds is 6. The van der Waals surface area contributed by atoms with Crippen LogP contribution < -0.4 is 4.74 Å². The van der Waals surface area contributed by atoms with Crippen LogP contribution in [0.5, 0.6) is 5.75 Å². The van der Waals surface area contributed by atoms with Gasteiger partial charge in [0.1, 0.15) is 11.6 Å². The number of nitrogens with zero attached hydrogens (tertiary/aromatic N) is 3. The molecule has 0 fully saturated rings. The Kier molecular flexibility index (Phi) is 5.58. The molecular formula is C18H18BrN3OS. The van der Waals surface area contributed by atoms with Gasteiger partial charge < -0.3 is 9.30 Å². The first-order valence-electron chi connectivity index (χ1n) is 7.56. The summed E-state index contributed by atoms with van der Waals surface area (Å²) in [6.45, 7) is 2.78. The Balaban J connectivity index is 1.73. The van der Waals surface area contributed by atoms with Crippen molar-refractivity contribution in [3.05, 3.63) is 70.0 Å². The smallest absolute Gasteiger partial charge is 0.191 e. The molecule has 0 spiro atoms. The van der Waals surface area contributed by atoms with Crippen molar-refractivity contribution in [3.8, 4) is 5.75 Å². The van der Waals surface area contributed by atoms with Crippen LogP contribution in [0.2, 0.25) is 0 Å². The fraction of sp³-hybridized carbons (Fsp3) is 0.222. The van der Waals surface area contributed by atoms with E-state index in [1.165, 1.54) is 11.1 Å². The molecule has 4 nitrogen and oxygen atoms in total. The van der Waals surface area contributed by atoms with Crippen LogP contribution >= 0.6 is 27.7 Å². The first-order valence-corrected chi connectivity index (χ1v) is 9.34. The molecule has 1 heterocycles. The molecule has 0 bridgehead atoms. The van der Waals surface area contributed by atoms with Gasteiger partial charge in [-0.2, -0.15) is 0 Å². The van der Waals surface area contributed by atoms with E-state index in [0.29, 0.717) is 0 Å². The van der Waals surface area contributed by atoms with Crippen molar-refractivity contribution in [1.82, 2.24) is 14.8 Å². The normalized spacial score (nSPS) is 10.8. The fourth-order valence-electron chi connectivity index (χ4n) is 2.36. The molecule has 3 aromatic rings. The lowest BCUT2D eigenvalue weighted by molar-refractivity contribution is 0.412. The third-order valence-corrected chi connectivity index (χ3v) is 5.33. The minimum Gasteiger partial charge on any atom is -0.496 e. The van der Waals surface area contributed by atoms with Gasteiger partial charge in [-0.25, -0.2) is 0 Å². The molecule has 3 rings (SSSR count). The highest BCUT2D eigenvalue weighted by molar-refractivity contribution is 9.10. The van der Waals surface area contributed by atoms with Gasteiger partial charge >= 0.3 is 0 Å².